The molecule has 6 heteroatoms. The number of carbonyl (C=O) groups is 1. The molecule has 1 N–H and O–H groups in total. The van der Waals surface area contributed by atoms with E-state index in [-0.39, 0.29) is 17.8 Å². The summed E-state index contributed by atoms with van der Waals surface area (Å²) in [6.07, 6.45) is 0.844. The van der Waals surface area contributed by atoms with Crippen LogP contribution in [0.2, 0.25) is 0 Å². The van der Waals surface area contributed by atoms with Crippen LogP contribution < -0.4 is 5.32 Å². The number of hydrogen-bond donors (Lipinski definition) is 1. The third kappa shape index (κ3) is 5.13. The van der Waals surface area contributed by atoms with Crippen LogP contribution in [0.4, 0.5) is 4.39 Å². The molecule has 136 valence electrons. The molecule has 0 aliphatic rings. The lowest BCUT2D eigenvalue weighted by atomic mass is 10.1. The van der Waals surface area contributed by atoms with E-state index in [1.54, 1.807) is 23.9 Å². The van der Waals surface area contributed by atoms with Gasteiger partial charge in [-0.3, -0.25) is 9.48 Å². The van der Waals surface area contributed by atoms with Crippen LogP contribution in [0.1, 0.15) is 41.6 Å². The van der Waals surface area contributed by atoms with Gasteiger partial charge in [0.1, 0.15) is 11.5 Å². The second-order valence-electron chi connectivity index (χ2n) is 6.98. The molecule has 1 aromatic carbocycles. The Balaban J connectivity index is 2.06. The third-order valence-corrected chi connectivity index (χ3v) is 4.11. The lowest BCUT2D eigenvalue weighted by Gasteiger charge is -2.25. The molecule has 1 unspecified atom stereocenters. The van der Waals surface area contributed by atoms with Gasteiger partial charge in [0, 0.05) is 13.6 Å². The van der Waals surface area contributed by atoms with Crippen molar-refractivity contribution in [2.24, 2.45) is 13.0 Å². The van der Waals surface area contributed by atoms with Gasteiger partial charge in [-0.15, -0.1) is 0 Å². The molecule has 1 heterocycles. The third-order valence-electron chi connectivity index (χ3n) is 4.11. The van der Waals surface area contributed by atoms with Crippen LogP contribution in [0.15, 0.2) is 30.3 Å². The summed E-state index contributed by atoms with van der Waals surface area (Å²) >= 11 is 0. The van der Waals surface area contributed by atoms with Gasteiger partial charge in [0.25, 0.3) is 5.91 Å². The molecule has 1 amide bonds. The van der Waals surface area contributed by atoms with Crippen molar-refractivity contribution in [3.05, 3.63) is 53.1 Å². The average Bonchev–Trinajstić information content (AvgIpc) is 2.88. The summed E-state index contributed by atoms with van der Waals surface area (Å²) in [7, 11) is 5.65. The number of carbonyl (C=O) groups excluding carboxylic acids is 1. The number of nitrogens with zero attached hydrogens (tertiary/aromatic N) is 3. The molecule has 0 aliphatic carbocycles. The first-order valence-electron chi connectivity index (χ1n) is 8.51. The normalized spacial score (nSPS) is 12.6. The Morgan fingerprint density at radius 3 is 2.48 bits per heavy atom. The van der Waals surface area contributed by atoms with Crippen LogP contribution >= 0.6 is 0 Å². The van der Waals surface area contributed by atoms with Crippen molar-refractivity contribution in [3.8, 4) is 0 Å². The van der Waals surface area contributed by atoms with Gasteiger partial charge in [0.05, 0.1) is 11.7 Å². The highest BCUT2D eigenvalue weighted by Crippen LogP contribution is 2.18. The van der Waals surface area contributed by atoms with Crippen LogP contribution in [-0.2, 0) is 13.5 Å². The van der Waals surface area contributed by atoms with E-state index in [0.717, 1.165) is 17.7 Å². The number of hydrogen-bond acceptors (Lipinski definition) is 3. The van der Waals surface area contributed by atoms with Crippen molar-refractivity contribution in [1.29, 1.82) is 0 Å². The number of halogens is 1. The number of nitrogens with one attached hydrogen (secondary N) is 1. The standard InChI is InChI=1S/C19H27FN4O/c1-13(2)10-16-11-17(24(5)22-16)19(25)21-12-18(23(3)4)14-6-8-15(20)9-7-14/h6-9,11,13,18H,10,12H2,1-5H3,(H,21,25). The molecule has 5 nitrogen and oxygen atoms in total. The first kappa shape index (κ1) is 19.1. The fourth-order valence-electron chi connectivity index (χ4n) is 2.82. The van der Waals surface area contributed by atoms with E-state index in [9.17, 15) is 9.18 Å². The average molecular weight is 346 g/mol. The fraction of sp³-hybridized carbons (Fsp3) is 0.474. The predicted molar refractivity (Wildman–Crippen MR) is 96.9 cm³/mol. The molecule has 1 atom stereocenters. The maximum atomic E-state index is 13.1. The van der Waals surface area contributed by atoms with E-state index < -0.39 is 0 Å². The summed E-state index contributed by atoms with van der Waals surface area (Å²) in [4.78, 5) is 14.5. The lowest BCUT2D eigenvalue weighted by Crippen LogP contribution is -2.35. The van der Waals surface area contributed by atoms with E-state index in [4.69, 9.17) is 0 Å². The topological polar surface area (TPSA) is 50.2 Å². The highest BCUT2D eigenvalue weighted by atomic mass is 19.1. The largest absolute Gasteiger partial charge is 0.349 e. The van der Waals surface area contributed by atoms with Crippen molar-refractivity contribution in [1.82, 2.24) is 20.0 Å². The Hall–Kier alpha value is -2.21. The molecule has 0 fully saturated rings. The molecular formula is C19H27FN4O. The molecule has 0 saturated carbocycles. The fourth-order valence-corrected chi connectivity index (χ4v) is 2.82. The second-order valence-corrected chi connectivity index (χ2v) is 6.98. The lowest BCUT2D eigenvalue weighted by molar-refractivity contribution is 0.0932. The number of rotatable bonds is 7. The number of aryl methyl sites for hydroxylation is 1. The van der Waals surface area contributed by atoms with Crippen LogP contribution in [0, 0.1) is 11.7 Å². The van der Waals surface area contributed by atoms with Crippen LogP contribution in [0.3, 0.4) is 0 Å². The number of likely N-dealkylation sites (N-methyl/N-ethyl adjacent to an activating group) is 1. The molecule has 1 aromatic heterocycles. The van der Waals surface area contributed by atoms with Gasteiger partial charge in [0.2, 0.25) is 0 Å². The van der Waals surface area contributed by atoms with E-state index >= 15 is 0 Å². The van der Waals surface area contributed by atoms with E-state index in [1.165, 1.54) is 12.1 Å². The van der Waals surface area contributed by atoms with E-state index in [0.29, 0.717) is 18.2 Å². The van der Waals surface area contributed by atoms with Crippen LogP contribution in [0.5, 0.6) is 0 Å². The van der Waals surface area contributed by atoms with Gasteiger partial charge >= 0.3 is 0 Å². The smallest absolute Gasteiger partial charge is 0.269 e. The number of aromatic nitrogens is 2. The van der Waals surface area contributed by atoms with Crippen LogP contribution in [-0.4, -0.2) is 41.2 Å². The van der Waals surface area contributed by atoms with Gasteiger partial charge < -0.3 is 10.2 Å². The SMILES string of the molecule is CC(C)Cc1cc(C(=O)NCC(c2ccc(F)cc2)N(C)C)n(C)n1. The van der Waals surface area contributed by atoms with Gasteiger partial charge in [-0.05, 0) is 50.2 Å². The van der Waals surface area contributed by atoms with Gasteiger partial charge in [-0.2, -0.15) is 5.10 Å². The highest BCUT2D eigenvalue weighted by Gasteiger charge is 2.18. The Labute approximate surface area is 148 Å². The summed E-state index contributed by atoms with van der Waals surface area (Å²) in [5.74, 6) is 0.0687. The van der Waals surface area contributed by atoms with Crippen molar-refractivity contribution < 1.29 is 9.18 Å². The molecule has 0 saturated heterocycles. The zero-order valence-electron chi connectivity index (χ0n) is 15.6. The molecule has 0 bridgehead atoms. The minimum atomic E-state index is -0.266. The minimum Gasteiger partial charge on any atom is -0.349 e. The predicted octanol–water partition coefficient (Wildman–Crippen LogP) is 2.79. The Kier molecular flexibility index (Phi) is 6.31. The summed E-state index contributed by atoms with van der Waals surface area (Å²) in [6.45, 7) is 4.68. The number of amides is 1. The zero-order valence-corrected chi connectivity index (χ0v) is 15.6. The second kappa shape index (κ2) is 8.25. The molecule has 0 aliphatic heterocycles. The number of benzene rings is 1. The molecule has 2 aromatic rings. The van der Waals surface area contributed by atoms with Crippen molar-refractivity contribution in [3.63, 3.8) is 0 Å². The van der Waals surface area contributed by atoms with E-state index in [2.05, 4.69) is 24.3 Å². The summed E-state index contributed by atoms with van der Waals surface area (Å²) in [5, 5.41) is 7.37. The van der Waals surface area contributed by atoms with Gasteiger partial charge in [-0.1, -0.05) is 26.0 Å². The summed E-state index contributed by atoms with van der Waals surface area (Å²) < 4.78 is 14.8. The molecular weight excluding hydrogens is 319 g/mol. The summed E-state index contributed by atoms with van der Waals surface area (Å²) in [5.41, 5.74) is 2.43. The van der Waals surface area contributed by atoms with Crippen molar-refractivity contribution >= 4 is 5.91 Å². The first-order valence-corrected chi connectivity index (χ1v) is 8.51. The van der Waals surface area contributed by atoms with Crippen molar-refractivity contribution in [2.45, 2.75) is 26.3 Å². The highest BCUT2D eigenvalue weighted by molar-refractivity contribution is 5.92. The first-order chi connectivity index (χ1) is 11.8. The van der Waals surface area contributed by atoms with Gasteiger partial charge in [-0.25, -0.2) is 4.39 Å². The van der Waals surface area contributed by atoms with Crippen molar-refractivity contribution in [2.75, 3.05) is 20.6 Å². The Bertz CT molecular complexity index is 707. The van der Waals surface area contributed by atoms with Gasteiger partial charge in [0.15, 0.2) is 0 Å². The molecule has 2 rings (SSSR count). The zero-order chi connectivity index (χ0) is 18.6. The Morgan fingerprint density at radius 1 is 1.28 bits per heavy atom. The quantitative estimate of drug-likeness (QED) is 0.839. The monoisotopic (exact) mass is 346 g/mol. The van der Waals surface area contributed by atoms with E-state index in [1.807, 2.05) is 25.1 Å². The maximum Gasteiger partial charge on any atom is 0.269 e. The van der Waals surface area contributed by atoms with Crippen LogP contribution in [0.25, 0.3) is 0 Å². The molecule has 25 heavy (non-hydrogen) atoms. The minimum absolute atomic E-state index is 0.0343. The summed E-state index contributed by atoms with van der Waals surface area (Å²) in [6, 6.07) is 8.18. The maximum absolute atomic E-state index is 13.1. The molecule has 0 spiro atoms. The Morgan fingerprint density at radius 2 is 1.92 bits per heavy atom. The molecule has 0 radical (unpaired) electrons.